The molecule has 1 aromatic rings. The number of methoxy groups -OCH3 is 2. The van der Waals surface area contributed by atoms with E-state index in [9.17, 15) is 20.2 Å². The van der Waals surface area contributed by atoms with E-state index in [0.717, 1.165) is 20.3 Å². The molecule has 0 unspecified atom stereocenters. The number of benzene rings is 1. The van der Waals surface area contributed by atoms with Gasteiger partial charge in [-0.1, -0.05) is 0 Å². The zero-order chi connectivity index (χ0) is 14.6. The van der Waals surface area contributed by atoms with Crippen LogP contribution < -0.4 is 9.47 Å². The molecule has 0 radical (unpaired) electrons. The smallest absolute Gasteiger partial charge is 0.319 e. The fraction of sp³-hybridized carbons (Fsp3) is 0.300. The topological polar surface area (TPSA) is 129 Å². The highest BCUT2D eigenvalue weighted by Crippen LogP contribution is 2.45. The van der Waals surface area contributed by atoms with Crippen molar-refractivity contribution in [2.24, 2.45) is 0 Å². The van der Waals surface area contributed by atoms with Crippen molar-refractivity contribution in [2.75, 3.05) is 14.2 Å². The maximum absolute atomic E-state index is 11.0. The number of nitriles is 1. The first-order valence-corrected chi connectivity index (χ1v) is 4.91. The zero-order valence-electron chi connectivity index (χ0n) is 10.1. The van der Waals surface area contributed by atoms with Crippen molar-refractivity contribution in [3.8, 4) is 17.6 Å². The summed E-state index contributed by atoms with van der Waals surface area (Å²) < 4.78 is 9.62. The van der Waals surface area contributed by atoms with Gasteiger partial charge >= 0.3 is 11.4 Å². The van der Waals surface area contributed by atoms with Gasteiger partial charge in [-0.15, -0.1) is 0 Å². The fourth-order valence-electron chi connectivity index (χ4n) is 1.61. The van der Waals surface area contributed by atoms with Gasteiger partial charge in [-0.25, -0.2) is 0 Å². The average molecular weight is 267 g/mol. The van der Waals surface area contributed by atoms with Gasteiger partial charge in [-0.2, -0.15) is 5.26 Å². The van der Waals surface area contributed by atoms with E-state index in [1.807, 2.05) is 0 Å². The third kappa shape index (κ3) is 2.52. The van der Waals surface area contributed by atoms with E-state index < -0.39 is 21.2 Å². The Labute approximate surface area is 107 Å². The van der Waals surface area contributed by atoms with Crippen molar-refractivity contribution >= 4 is 11.4 Å². The first kappa shape index (κ1) is 14.2. The van der Waals surface area contributed by atoms with Crippen LogP contribution in [0.1, 0.15) is 5.56 Å². The second-order valence-corrected chi connectivity index (χ2v) is 3.32. The van der Waals surface area contributed by atoms with Gasteiger partial charge in [-0.3, -0.25) is 20.2 Å². The monoisotopic (exact) mass is 267 g/mol. The highest BCUT2D eigenvalue weighted by atomic mass is 16.6. The highest BCUT2D eigenvalue weighted by molar-refractivity contribution is 5.69. The molecule has 0 fully saturated rings. The van der Waals surface area contributed by atoms with Crippen LogP contribution >= 0.6 is 0 Å². The van der Waals surface area contributed by atoms with Crippen LogP contribution in [0.25, 0.3) is 0 Å². The predicted molar refractivity (Wildman–Crippen MR) is 62.2 cm³/mol. The van der Waals surface area contributed by atoms with Gasteiger partial charge in [0, 0.05) is 6.07 Å². The lowest BCUT2D eigenvalue weighted by molar-refractivity contribution is -0.391. The standard InChI is InChI=1S/C10H9N3O6/c1-18-9-7(12(14)15)5-6(3-4-11)8(13(16)17)10(9)19-2/h5H,3H2,1-2H3. The van der Waals surface area contributed by atoms with Crippen LogP contribution in [-0.2, 0) is 6.42 Å². The van der Waals surface area contributed by atoms with E-state index in [0.29, 0.717) is 0 Å². The molecule has 0 heterocycles. The van der Waals surface area contributed by atoms with Crippen molar-refractivity contribution in [1.29, 1.82) is 5.26 Å². The Morgan fingerprint density at radius 1 is 1.21 bits per heavy atom. The summed E-state index contributed by atoms with van der Waals surface area (Å²) in [5.74, 6) is -0.715. The van der Waals surface area contributed by atoms with Crippen molar-refractivity contribution in [2.45, 2.75) is 6.42 Å². The summed E-state index contributed by atoms with van der Waals surface area (Å²) in [7, 11) is 2.27. The average Bonchev–Trinajstić information content (AvgIpc) is 2.36. The third-order valence-electron chi connectivity index (χ3n) is 2.33. The summed E-state index contributed by atoms with van der Waals surface area (Å²) in [4.78, 5) is 20.4. The Balaban J connectivity index is 3.76. The van der Waals surface area contributed by atoms with Crippen LogP contribution in [0, 0.1) is 31.6 Å². The number of nitro groups is 2. The molecule has 0 aliphatic heterocycles. The molecular weight excluding hydrogens is 258 g/mol. The van der Waals surface area contributed by atoms with Gasteiger partial charge < -0.3 is 9.47 Å². The molecular formula is C10H9N3O6. The van der Waals surface area contributed by atoms with Crippen LogP contribution in [0.3, 0.4) is 0 Å². The molecule has 19 heavy (non-hydrogen) atoms. The third-order valence-corrected chi connectivity index (χ3v) is 2.33. The second-order valence-electron chi connectivity index (χ2n) is 3.32. The van der Waals surface area contributed by atoms with Gasteiger partial charge in [0.1, 0.15) is 0 Å². The molecule has 0 spiro atoms. The largest absolute Gasteiger partial charge is 0.487 e. The zero-order valence-corrected chi connectivity index (χ0v) is 10.1. The summed E-state index contributed by atoms with van der Waals surface area (Å²) in [6.45, 7) is 0. The number of ether oxygens (including phenoxy) is 2. The Bertz CT molecular complexity index is 578. The minimum absolute atomic E-state index is 0.100. The molecule has 0 aromatic heterocycles. The molecule has 0 N–H and O–H groups in total. The molecule has 9 nitrogen and oxygen atoms in total. The van der Waals surface area contributed by atoms with E-state index in [2.05, 4.69) is 0 Å². The molecule has 0 bridgehead atoms. The number of hydrogen-bond acceptors (Lipinski definition) is 7. The van der Waals surface area contributed by atoms with E-state index in [1.165, 1.54) is 0 Å². The Hall–Kier alpha value is -2.89. The number of nitro benzene ring substituents is 2. The van der Waals surface area contributed by atoms with Gasteiger partial charge in [0.05, 0.1) is 42.1 Å². The fourth-order valence-corrected chi connectivity index (χ4v) is 1.61. The van der Waals surface area contributed by atoms with Crippen molar-refractivity contribution in [3.05, 3.63) is 31.9 Å². The molecule has 0 atom stereocenters. The summed E-state index contributed by atoms with van der Waals surface area (Å²) >= 11 is 0. The van der Waals surface area contributed by atoms with Gasteiger partial charge in [-0.05, 0) is 0 Å². The van der Waals surface area contributed by atoms with Crippen LogP contribution in [0.15, 0.2) is 6.07 Å². The Morgan fingerprint density at radius 2 is 1.79 bits per heavy atom. The van der Waals surface area contributed by atoms with Crippen molar-refractivity contribution in [1.82, 2.24) is 0 Å². The van der Waals surface area contributed by atoms with Gasteiger partial charge in [0.2, 0.25) is 11.5 Å². The molecule has 1 rings (SSSR count). The quantitative estimate of drug-likeness (QED) is 0.584. The van der Waals surface area contributed by atoms with Crippen LogP contribution in [0.5, 0.6) is 11.5 Å². The Kier molecular flexibility index (Phi) is 4.20. The molecule has 9 heteroatoms. The maximum atomic E-state index is 11.0. The minimum Gasteiger partial charge on any atom is -0.487 e. The van der Waals surface area contributed by atoms with E-state index in [4.69, 9.17) is 14.7 Å². The first-order chi connectivity index (χ1) is 8.97. The van der Waals surface area contributed by atoms with Crippen molar-refractivity contribution < 1.29 is 19.3 Å². The highest BCUT2D eigenvalue weighted by Gasteiger charge is 2.32. The second kappa shape index (κ2) is 5.63. The molecule has 0 saturated carbocycles. The van der Waals surface area contributed by atoms with E-state index in [1.54, 1.807) is 6.07 Å². The lowest BCUT2D eigenvalue weighted by Crippen LogP contribution is -2.04. The van der Waals surface area contributed by atoms with Crippen LogP contribution in [-0.4, -0.2) is 24.1 Å². The van der Waals surface area contributed by atoms with Gasteiger partial charge in [0.15, 0.2) is 0 Å². The summed E-state index contributed by atoms with van der Waals surface area (Å²) in [6, 6.07) is 2.66. The molecule has 0 aliphatic carbocycles. The number of rotatable bonds is 5. The molecule has 0 saturated heterocycles. The minimum atomic E-state index is -0.766. The van der Waals surface area contributed by atoms with Crippen molar-refractivity contribution in [3.63, 3.8) is 0 Å². The normalized spacial score (nSPS) is 9.53. The lowest BCUT2D eigenvalue weighted by Gasteiger charge is -2.10. The van der Waals surface area contributed by atoms with E-state index >= 15 is 0 Å². The summed E-state index contributed by atoms with van der Waals surface area (Å²) in [5.41, 5.74) is -1.10. The van der Waals surface area contributed by atoms with E-state index in [-0.39, 0.29) is 23.5 Å². The molecule has 0 aliphatic rings. The molecule has 0 amide bonds. The lowest BCUT2D eigenvalue weighted by atomic mass is 10.1. The predicted octanol–water partition coefficient (Wildman–Crippen LogP) is 1.59. The first-order valence-electron chi connectivity index (χ1n) is 4.91. The molecule has 100 valence electrons. The SMILES string of the molecule is COc1c([N+](=O)[O-])cc(CC#N)c([N+](=O)[O-])c1OC. The molecule has 1 aromatic carbocycles. The maximum Gasteiger partial charge on any atom is 0.319 e. The van der Waals surface area contributed by atoms with Gasteiger partial charge in [0.25, 0.3) is 0 Å². The summed E-state index contributed by atoms with van der Waals surface area (Å²) in [5, 5.41) is 30.6. The number of nitrogens with zero attached hydrogens (tertiary/aromatic N) is 3. The number of hydrogen-bond donors (Lipinski definition) is 0. The Morgan fingerprint density at radius 3 is 2.16 bits per heavy atom. The van der Waals surface area contributed by atoms with Crippen LogP contribution in [0.4, 0.5) is 11.4 Å². The van der Waals surface area contributed by atoms with Crippen LogP contribution in [0.2, 0.25) is 0 Å². The summed E-state index contributed by atoms with van der Waals surface area (Å²) in [6.07, 6.45) is -0.350.